The van der Waals surface area contributed by atoms with Gasteiger partial charge in [-0.2, -0.15) is 0 Å². The number of anilines is 3. The predicted molar refractivity (Wildman–Crippen MR) is 86.0 cm³/mol. The molecule has 0 spiro atoms. The molecule has 0 saturated carbocycles. The SMILES string of the molecule is COc1ccc(Nc2nc(-c3cccnc3)cs2)cc1N. The first-order chi connectivity index (χ1) is 10.3. The van der Waals surface area contributed by atoms with Crippen molar-refractivity contribution in [3.8, 4) is 17.0 Å². The summed E-state index contributed by atoms with van der Waals surface area (Å²) in [5, 5.41) is 6.03. The highest BCUT2D eigenvalue weighted by Crippen LogP contribution is 2.29. The number of ether oxygens (including phenoxy) is 1. The van der Waals surface area contributed by atoms with E-state index in [2.05, 4.69) is 15.3 Å². The van der Waals surface area contributed by atoms with E-state index in [4.69, 9.17) is 10.5 Å². The summed E-state index contributed by atoms with van der Waals surface area (Å²) in [6.45, 7) is 0. The molecule has 0 aliphatic carbocycles. The van der Waals surface area contributed by atoms with Gasteiger partial charge in [0.15, 0.2) is 5.13 Å². The first kappa shape index (κ1) is 13.4. The molecule has 0 aliphatic heterocycles. The topological polar surface area (TPSA) is 73.1 Å². The van der Waals surface area contributed by atoms with Gasteiger partial charge in [-0.1, -0.05) is 0 Å². The van der Waals surface area contributed by atoms with Crippen LogP contribution in [0.3, 0.4) is 0 Å². The van der Waals surface area contributed by atoms with Gasteiger partial charge in [-0.15, -0.1) is 11.3 Å². The van der Waals surface area contributed by atoms with Crippen LogP contribution in [0.1, 0.15) is 0 Å². The summed E-state index contributed by atoms with van der Waals surface area (Å²) in [5.74, 6) is 0.663. The second kappa shape index (κ2) is 5.80. The molecule has 0 saturated heterocycles. The van der Waals surface area contributed by atoms with Gasteiger partial charge in [0.2, 0.25) is 0 Å². The lowest BCUT2D eigenvalue weighted by Crippen LogP contribution is -1.95. The Balaban J connectivity index is 1.80. The van der Waals surface area contributed by atoms with Crippen LogP contribution in [0.4, 0.5) is 16.5 Å². The highest BCUT2D eigenvalue weighted by Gasteiger charge is 2.06. The largest absolute Gasteiger partial charge is 0.495 e. The molecule has 2 aromatic heterocycles. The molecule has 3 N–H and O–H groups in total. The fraction of sp³-hybridized carbons (Fsp3) is 0.0667. The zero-order valence-corrected chi connectivity index (χ0v) is 12.2. The van der Waals surface area contributed by atoms with E-state index in [0.717, 1.165) is 22.1 Å². The van der Waals surface area contributed by atoms with Crippen LogP contribution in [0.25, 0.3) is 11.3 Å². The lowest BCUT2D eigenvalue weighted by Gasteiger charge is -2.07. The summed E-state index contributed by atoms with van der Waals surface area (Å²) in [5.41, 5.74) is 9.25. The van der Waals surface area contributed by atoms with Crippen LogP contribution in [-0.4, -0.2) is 17.1 Å². The van der Waals surface area contributed by atoms with Gasteiger partial charge in [0, 0.05) is 29.0 Å². The van der Waals surface area contributed by atoms with Crippen LogP contribution in [0, 0.1) is 0 Å². The zero-order chi connectivity index (χ0) is 14.7. The van der Waals surface area contributed by atoms with Gasteiger partial charge < -0.3 is 15.8 Å². The number of nitrogens with zero attached hydrogens (tertiary/aromatic N) is 2. The van der Waals surface area contributed by atoms with Crippen molar-refractivity contribution in [1.82, 2.24) is 9.97 Å². The summed E-state index contributed by atoms with van der Waals surface area (Å²) in [6.07, 6.45) is 3.54. The molecule has 0 amide bonds. The first-order valence-electron chi connectivity index (χ1n) is 6.33. The lowest BCUT2D eigenvalue weighted by atomic mass is 10.2. The summed E-state index contributed by atoms with van der Waals surface area (Å²) >= 11 is 1.53. The molecule has 21 heavy (non-hydrogen) atoms. The van der Waals surface area contributed by atoms with Gasteiger partial charge in [0.05, 0.1) is 18.5 Å². The number of aromatic nitrogens is 2. The molecule has 0 fully saturated rings. The van der Waals surface area contributed by atoms with E-state index in [9.17, 15) is 0 Å². The zero-order valence-electron chi connectivity index (χ0n) is 11.4. The van der Waals surface area contributed by atoms with Crippen LogP contribution in [0.5, 0.6) is 5.75 Å². The molecule has 0 atom stereocenters. The number of rotatable bonds is 4. The first-order valence-corrected chi connectivity index (χ1v) is 7.20. The van der Waals surface area contributed by atoms with Crippen LogP contribution in [0.15, 0.2) is 48.1 Å². The number of nitrogen functional groups attached to an aromatic ring is 1. The van der Waals surface area contributed by atoms with Crippen molar-refractivity contribution >= 4 is 27.8 Å². The van der Waals surface area contributed by atoms with E-state index in [1.165, 1.54) is 11.3 Å². The van der Waals surface area contributed by atoms with E-state index < -0.39 is 0 Å². The molecule has 6 heteroatoms. The molecule has 0 unspecified atom stereocenters. The Labute approximate surface area is 126 Å². The molecule has 2 heterocycles. The monoisotopic (exact) mass is 298 g/mol. The highest BCUT2D eigenvalue weighted by molar-refractivity contribution is 7.14. The second-order valence-corrected chi connectivity index (χ2v) is 5.22. The van der Waals surface area contributed by atoms with Gasteiger partial charge in [0.25, 0.3) is 0 Å². The van der Waals surface area contributed by atoms with Gasteiger partial charge in [0.1, 0.15) is 5.75 Å². The van der Waals surface area contributed by atoms with E-state index >= 15 is 0 Å². The van der Waals surface area contributed by atoms with E-state index in [-0.39, 0.29) is 0 Å². The standard InChI is InChI=1S/C15H14N4OS/c1-20-14-5-4-11(7-12(14)16)18-15-19-13(9-21-15)10-3-2-6-17-8-10/h2-9H,16H2,1H3,(H,18,19). The van der Waals surface area contributed by atoms with E-state index in [1.54, 1.807) is 19.5 Å². The Morgan fingerprint density at radius 2 is 2.19 bits per heavy atom. The maximum atomic E-state index is 5.89. The maximum Gasteiger partial charge on any atom is 0.187 e. The van der Waals surface area contributed by atoms with Gasteiger partial charge in [-0.3, -0.25) is 4.98 Å². The normalized spacial score (nSPS) is 10.3. The van der Waals surface area contributed by atoms with Crippen molar-refractivity contribution in [2.24, 2.45) is 0 Å². The Bertz CT molecular complexity index is 742. The van der Waals surface area contributed by atoms with Crippen molar-refractivity contribution in [3.05, 3.63) is 48.1 Å². The highest BCUT2D eigenvalue weighted by atomic mass is 32.1. The number of thiazole rings is 1. The van der Waals surface area contributed by atoms with Gasteiger partial charge in [-0.25, -0.2) is 4.98 Å². The molecule has 3 rings (SSSR count). The average molecular weight is 298 g/mol. The summed E-state index contributed by atoms with van der Waals surface area (Å²) in [7, 11) is 1.60. The minimum atomic E-state index is 0.589. The third-order valence-corrected chi connectivity index (χ3v) is 3.70. The van der Waals surface area contributed by atoms with Crippen LogP contribution in [0.2, 0.25) is 0 Å². The van der Waals surface area contributed by atoms with Gasteiger partial charge >= 0.3 is 0 Å². The third kappa shape index (κ3) is 2.95. The molecule has 0 radical (unpaired) electrons. The minimum absolute atomic E-state index is 0.589. The Hall–Kier alpha value is -2.60. The van der Waals surface area contributed by atoms with Crippen molar-refractivity contribution in [3.63, 3.8) is 0 Å². The molecule has 0 bridgehead atoms. The number of methoxy groups -OCH3 is 1. The van der Waals surface area contributed by atoms with Crippen molar-refractivity contribution in [2.75, 3.05) is 18.2 Å². The van der Waals surface area contributed by atoms with Crippen molar-refractivity contribution in [2.45, 2.75) is 0 Å². The molecule has 106 valence electrons. The summed E-state index contributed by atoms with van der Waals surface area (Å²) in [4.78, 5) is 8.64. The van der Waals surface area contributed by atoms with Crippen molar-refractivity contribution in [1.29, 1.82) is 0 Å². The average Bonchev–Trinajstić information content (AvgIpc) is 2.97. The molecule has 0 aliphatic rings. The number of hydrogen-bond acceptors (Lipinski definition) is 6. The molecular formula is C15H14N4OS. The van der Waals surface area contributed by atoms with Crippen molar-refractivity contribution < 1.29 is 4.74 Å². The molecular weight excluding hydrogens is 284 g/mol. The molecule has 3 aromatic rings. The fourth-order valence-electron chi connectivity index (χ4n) is 1.91. The number of pyridine rings is 1. The van der Waals surface area contributed by atoms with Crippen LogP contribution < -0.4 is 15.8 Å². The quantitative estimate of drug-likeness (QED) is 0.721. The Kier molecular flexibility index (Phi) is 3.70. The number of nitrogens with one attached hydrogen (secondary N) is 1. The lowest BCUT2D eigenvalue weighted by molar-refractivity contribution is 0.417. The maximum absolute atomic E-state index is 5.89. The summed E-state index contributed by atoms with van der Waals surface area (Å²) < 4.78 is 5.14. The number of hydrogen-bond donors (Lipinski definition) is 2. The fourth-order valence-corrected chi connectivity index (χ4v) is 2.65. The minimum Gasteiger partial charge on any atom is -0.495 e. The summed E-state index contributed by atoms with van der Waals surface area (Å²) in [6, 6.07) is 9.43. The number of nitrogens with two attached hydrogens (primary N) is 1. The Morgan fingerprint density at radius 3 is 2.90 bits per heavy atom. The second-order valence-electron chi connectivity index (χ2n) is 4.36. The van der Waals surface area contributed by atoms with E-state index in [1.807, 2.05) is 35.7 Å². The molecule has 5 nitrogen and oxygen atoms in total. The third-order valence-electron chi connectivity index (χ3n) is 2.94. The van der Waals surface area contributed by atoms with Crippen LogP contribution >= 0.6 is 11.3 Å². The molecule has 1 aromatic carbocycles. The van der Waals surface area contributed by atoms with Crippen LogP contribution in [-0.2, 0) is 0 Å². The van der Waals surface area contributed by atoms with E-state index in [0.29, 0.717) is 11.4 Å². The van der Waals surface area contributed by atoms with Gasteiger partial charge in [-0.05, 0) is 30.3 Å². The predicted octanol–water partition coefficient (Wildman–Crippen LogP) is 3.54. The Morgan fingerprint density at radius 1 is 1.29 bits per heavy atom. The number of benzene rings is 1. The smallest absolute Gasteiger partial charge is 0.187 e.